The van der Waals surface area contributed by atoms with Crippen molar-refractivity contribution in [2.75, 3.05) is 7.05 Å². The number of benzene rings is 1. The summed E-state index contributed by atoms with van der Waals surface area (Å²) in [5, 5.41) is 0. The van der Waals surface area contributed by atoms with Gasteiger partial charge in [-0.2, -0.15) is 13.2 Å². The lowest BCUT2D eigenvalue weighted by Gasteiger charge is -2.08. The predicted octanol–water partition coefficient (Wildman–Crippen LogP) is 6.41. The standard InChI is InChI=1S/C16H18F3NS.C2H6/c1-12(8-4-5-9-13(2)16(17,18)19)14-10-6-7-11-15(14)21-20-3;1-2/h4-8,10-11,20H,2,9H2,1,3H3;1-2H3/b5-4-,12-8+;. The first-order valence-corrected chi connectivity index (χ1v) is 8.19. The first kappa shape index (κ1) is 21.5. The SMILES string of the molecule is C=C(C/C=C\C=C(/C)c1ccccc1SNC)C(F)(F)F.CC. The predicted molar refractivity (Wildman–Crippen MR) is 95.3 cm³/mol. The first-order valence-electron chi connectivity index (χ1n) is 7.37. The lowest BCUT2D eigenvalue weighted by atomic mass is 10.1. The zero-order chi connectivity index (χ0) is 17.9. The Labute approximate surface area is 141 Å². The molecule has 0 bridgehead atoms. The molecule has 0 aliphatic heterocycles. The normalized spacial score (nSPS) is 12.0. The van der Waals surface area contributed by atoms with Gasteiger partial charge in [0.15, 0.2) is 0 Å². The van der Waals surface area contributed by atoms with E-state index in [1.165, 1.54) is 18.0 Å². The maximum Gasteiger partial charge on any atom is 0.412 e. The average molecular weight is 343 g/mol. The van der Waals surface area contributed by atoms with Gasteiger partial charge in [-0.1, -0.05) is 56.9 Å². The Bertz CT molecular complexity index is 545. The lowest BCUT2D eigenvalue weighted by Crippen LogP contribution is -2.09. The second kappa shape index (κ2) is 11.1. The van der Waals surface area contributed by atoms with Crippen molar-refractivity contribution in [1.29, 1.82) is 0 Å². The summed E-state index contributed by atoms with van der Waals surface area (Å²) in [6.07, 6.45) is 0.387. The van der Waals surface area contributed by atoms with Gasteiger partial charge in [0.1, 0.15) is 0 Å². The van der Waals surface area contributed by atoms with Gasteiger partial charge in [-0.05, 0) is 49.5 Å². The molecule has 1 nitrogen and oxygen atoms in total. The molecule has 0 fully saturated rings. The Kier molecular flexibility index (Phi) is 10.4. The average Bonchev–Trinajstić information content (AvgIpc) is 2.53. The molecule has 0 amide bonds. The third kappa shape index (κ3) is 8.09. The van der Waals surface area contributed by atoms with Crippen molar-refractivity contribution in [2.45, 2.75) is 38.3 Å². The second-order valence-electron chi connectivity index (χ2n) is 4.39. The highest BCUT2D eigenvalue weighted by Gasteiger charge is 2.30. The minimum absolute atomic E-state index is 0.194. The summed E-state index contributed by atoms with van der Waals surface area (Å²) in [6.45, 7) is 8.96. The van der Waals surface area contributed by atoms with Crippen LogP contribution in [-0.4, -0.2) is 13.2 Å². The molecule has 1 aromatic carbocycles. The van der Waals surface area contributed by atoms with E-state index in [0.717, 1.165) is 16.0 Å². The number of hydrogen-bond acceptors (Lipinski definition) is 2. The molecule has 0 saturated heterocycles. The molecule has 128 valence electrons. The molecule has 0 aromatic heterocycles. The summed E-state index contributed by atoms with van der Waals surface area (Å²) in [7, 11) is 1.84. The van der Waals surface area contributed by atoms with Gasteiger partial charge < -0.3 is 0 Å². The zero-order valence-corrected chi connectivity index (χ0v) is 14.8. The monoisotopic (exact) mass is 343 g/mol. The highest BCUT2D eigenvalue weighted by atomic mass is 32.2. The van der Waals surface area contributed by atoms with Gasteiger partial charge in [-0.3, -0.25) is 4.72 Å². The lowest BCUT2D eigenvalue weighted by molar-refractivity contribution is -0.0924. The Morgan fingerprint density at radius 3 is 2.43 bits per heavy atom. The van der Waals surface area contributed by atoms with Crippen LogP contribution in [0, 0.1) is 0 Å². The number of nitrogens with one attached hydrogen (secondary N) is 1. The summed E-state index contributed by atoms with van der Waals surface area (Å²) in [5.41, 5.74) is 1.30. The molecule has 5 heteroatoms. The van der Waals surface area contributed by atoms with E-state index in [9.17, 15) is 13.2 Å². The van der Waals surface area contributed by atoms with Crippen LogP contribution in [0.1, 0.15) is 32.8 Å². The van der Waals surface area contributed by atoms with E-state index in [1.807, 2.05) is 52.1 Å². The maximum atomic E-state index is 12.3. The largest absolute Gasteiger partial charge is 0.412 e. The third-order valence-corrected chi connectivity index (χ3v) is 3.55. The van der Waals surface area contributed by atoms with Crippen molar-refractivity contribution >= 4 is 17.5 Å². The van der Waals surface area contributed by atoms with Gasteiger partial charge in [0.25, 0.3) is 0 Å². The molecule has 1 rings (SSSR count). The molecule has 0 atom stereocenters. The van der Waals surface area contributed by atoms with E-state index in [4.69, 9.17) is 0 Å². The van der Waals surface area contributed by atoms with Crippen molar-refractivity contribution in [1.82, 2.24) is 4.72 Å². The molecule has 23 heavy (non-hydrogen) atoms. The Hall–Kier alpha value is -1.46. The summed E-state index contributed by atoms with van der Waals surface area (Å²) < 4.78 is 39.9. The number of rotatable bonds is 6. The van der Waals surface area contributed by atoms with Gasteiger partial charge in [-0.15, -0.1) is 0 Å². The van der Waals surface area contributed by atoms with Gasteiger partial charge in [-0.25, -0.2) is 0 Å². The fraction of sp³-hybridized carbons (Fsp3) is 0.333. The van der Waals surface area contributed by atoms with Crippen LogP contribution in [0.2, 0.25) is 0 Å². The molecule has 0 aliphatic rings. The van der Waals surface area contributed by atoms with Crippen LogP contribution < -0.4 is 4.72 Å². The zero-order valence-electron chi connectivity index (χ0n) is 14.0. The van der Waals surface area contributed by atoms with E-state index >= 15 is 0 Å². The van der Waals surface area contributed by atoms with Crippen LogP contribution in [0.4, 0.5) is 13.2 Å². The molecule has 0 radical (unpaired) electrons. The molecular weight excluding hydrogens is 319 g/mol. The Morgan fingerprint density at radius 2 is 1.87 bits per heavy atom. The van der Waals surface area contributed by atoms with Crippen molar-refractivity contribution in [3.05, 3.63) is 60.2 Å². The number of allylic oxidation sites excluding steroid dienone is 5. The summed E-state index contributed by atoms with van der Waals surface area (Å²) in [5.74, 6) is 0. The molecule has 0 spiro atoms. The van der Waals surface area contributed by atoms with Crippen LogP contribution in [0.3, 0.4) is 0 Å². The smallest absolute Gasteiger partial charge is 0.263 e. The minimum Gasteiger partial charge on any atom is -0.263 e. The van der Waals surface area contributed by atoms with Crippen molar-refractivity contribution < 1.29 is 13.2 Å². The number of hydrogen-bond donors (Lipinski definition) is 1. The minimum atomic E-state index is -4.32. The van der Waals surface area contributed by atoms with Gasteiger partial charge in [0, 0.05) is 10.5 Å². The van der Waals surface area contributed by atoms with E-state index in [0.29, 0.717) is 0 Å². The summed E-state index contributed by atoms with van der Waals surface area (Å²) in [6, 6.07) is 7.85. The van der Waals surface area contributed by atoms with E-state index in [1.54, 1.807) is 12.2 Å². The maximum absolute atomic E-state index is 12.3. The van der Waals surface area contributed by atoms with Crippen LogP contribution in [0.15, 0.2) is 59.5 Å². The number of halogens is 3. The van der Waals surface area contributed by atoms with Gasteiger partial charge in [0.05, 0.1) is 0 Å². The van der Waals surface area contributed by atoms with Crippen LogP contribution in [0.5, 0.6) is 0 Å². The van der Waals surface area contributed by atoms with E-state index in [2.05, 4.69) is 11.3 Å². The highest BCUT2D eigenvalue weighted by molar-refractivity contribution is 7.97. The highest BCUT2D eigenvalue weighted by Crippen LogP contribution is 2.27. The number of alkyl halides is 3. The Morgan fingerprint density at radius 1 is 1.26 bits per heavy atom. The topological polar surface area (TPSA) is 12.0 Å². The molecule has 0 unspecified atom stereocenters. The van der Waals surface area contributed by atoms with Gasteiger partial charge >= 0.3 is 6.18 Å². The fourth-order valence-electron chi connectivity index (χ4n) is 1.62. The molecular formula is C18H24F3NS. The Balaban J connectivity index is 0.00000232. The molecule has 1 aromatic rings. The third-order valence-electron chi connectivity index (χ3n) is 2.77. The quantitative estimate of drug-likeness (QED) is 0.364. The van der Waals surface area contributed by atoms with E-state index < -0.39 is 11.7 Å². The molecule has 0 aliphatic carbocycles. The molecule has 0 heterocycles. The molecule has 1 N–H and O–H groups in total. The fourth-order valence-corrected chi connectivity index (χ4v) is 2.33. The second-order valence-corrected chi connectivity index (χ2v) is 5.44. The summed E-state index contributed by atoms with van der Waals surface area (Å²) >= 11 is 1.50. The van der Waals surface area contributed by atoms with Crippen molar-refractivity contribution in [3.8, 4) is 0 Å². The van der Waals surface area contributed by atoms with Crippen LogP contribution in [-0.2, 0) is 0 Å². The summed E-state index contributed by atoms with van der Waals surface area (Å²) in [4.78, 5) is 1.07. The van der Waals surface area contributed by atoms with Crippen molar-refractivity contribution in [3.63, 3.8) is 0 Å². The van der Waals surface area contributed by atoms with Crippen molar-refractivity contribution in [2.24, 2.45) is 0 Å². The van der Waals surface area contributed by atoms with E-state index in [-0.39, 0.29) is 6.42 Å². The first-order chi connectivity index (χ1) is 10.9. The molecule has 0 saturated carbocycles. The van der Waals surface area contributed by atoms with Crippen LogP contribution >= 0.6 is 11.9 Å². The van der Waals surface area contributed by atoms with Crippen LogP contribution in [0.25, 0.3) is 5.57 Å². The van der Waals surface area contributed by atoms with Gasteiger partial charge in [0.2, 0.25) is 0 Å².